The molecule has 0 aromatic heterocycles. The molecule has 1 atom stereocenters. The number of hydrogen-bond acceptors (Lipinski definition) is 2. The molecular weight excluding hydrogens is 260 g/mol. The predicted molar refractivity (Wildman–Crippen MR) is 88.3 cm³/mol. The van der Waals surface area contributed by atoms with Gasteiger partial charge in [0.05, 0.1) is 6.04 Å². The van der Waals surface area contributed by atoms with Crippen molar-refractivity contribution < 1.29 is 4.79 Å². The number of para-hydroxylation sites is 1. The number of rotatable bonds is 6. The van der Waals surface area contributed by atoms with Crippen LogP contribution in [-0.2, 0) is 4.79 Å². The highest BCUT2D eigenvalue weighted by Gasteiger charge is 2.23. The Morgan fingerprint density at radius 1 is 1.19 bits per heavy atom. The quantitative estimate of drug-likeness (QED) is 0.832. The molecule has 1 aliphatic rings. The molecule has 1 fully saturated rings. The van der Waals surface area contributed by atoms with E-state index in [0.717, 1.165) is 11.6 Å². The van der Waals surface area contributed by atoms with E-state index in [1.165, 1.54) is 38.5 Å². The van der Waals surface area contributed by atoms with Crippen LogP contribution in [0.25, 0.3) is 0 Å². The zero-order valence-corrected chi connectivity index (χ0v) is 13.3. The highest BCUT2D eigenvalue weighted by atomic mass is 16.2. The molecule has 1 unspecified atom stereocenters. The summed E-state index contributed by atoms with van der Waals surface area (Å²) in [6.45, 7) is 4.22. The third-order valence-corrected chi connectivity index (χ3v) is 4.46. The Bertz CT molecular complexity index is 424. The summed E-state index contributed by atoms with van der Waals surface area (Å²) < 4.78 is 0. The molecule has 0 heterocycles. The minimum absolute atomic E-state index is 0.0527. The fourth-order valence-electron chi connectivity index (χ4n) is 3.23. The van der Waals surface area contributed by atoms with Crippen molar-refractivity contribution in [1.29, 1.82) is 0 Å². The second kappa shape index (κ2) is 8.18. The standard InChI is InChI=1S/C18H28N2O/c1-3-7-15-10-12-17(13-11-15)19-14(2)18(21)20-16-8-5-4-6-9-16/h4-6,8-9,14-15,17,19H,3,7,10-13H2,1-2H3,(H,20,21). The van der Waals surface area contributed by atoms with E-state index in [9.17, 15) is 4.79 Å². The van der Waals surface area contributed by atoms with Gasteiger partial charge in [0.2, 0.25) is 5.91 Å². The Kier molecular flexibility index (Phi) is 6.24. The van der Waals surface area contributed by atoms with Crippen molar-refractivity contribution in [3.05, 3.63) is 30.3 Å². The smallest absolute Gasteiger partial charge is 0.241 e. The molecule has 0 bridgehead atoms. The fraction of sp³-hybridized carbons (Fsp3) is 0.611. The number of carbonyl (C=O) groups is 1. The number of nitrogens with one attached hydrogen (secondary N) is 2. The lowest BCUT2D eigenvalue weighted by Crippen LogP contribution is -2.45. The molecule has 1 aromatic carbocycles. The minimum atomic E-state index is -0.141. The lowest BCUT2D eigenvalue weighted by molar-refractivity contribution is -0.118. The summed E-state index contributed by atoms with van der Waals surface area (Å²) in [5, 5.41) is 6.45. The van der Waals surface area contributed by atoms with Gasteiger partial charge in [-0.1, -0.05) is 38.0 Å². The zero-order valence-electron chi connectivity index (χ0n) is 13.3. The molecule has 0 spiro atoms. The van der Waals surface area contributed by atoms with Crippen LogP contribution in [0.2, 0.25) is 0 Å². The van der Waals surface area contributed by atoms with E-state index in [0.29, 0.717) is 6.04 Å². The third-order valence-electron chi connectivity index (χ3n) is 4.46. The Balaban J connectivity index is 1.74. The lowest BCUT2D eigenvalue weighted by Gasteiger charge is -2.30. The van der Waals surface area contributed by atoms with E-state index in [2.05, 4.69) is 17.6 Å². The summed E-state index contributed by atoms with van der Waals surface area (Å²) in [7, 11) is 0. The summed E-state index contributed by atoms with van der Waals surface area (Å²) in [4.78, 5) is 12.2. The van der Waals surface area contributed by atoms with E-state index in [1.807, 2.05) is 37.3 Å². The maximum absolute atomic E-state index is 12.2. The number of carbonyl (C=O) groups excluding carboxylic acids is 1. The van der Waals surface area contributed by atoms with Crippen LogP contribution in [0.5, 0.6) is 0 Å². The van der Waals surface area contributed by atoms with E-state index >= 15 is 0 Å². The highest BCUT2D eigenvalue weighted by molar-refractivity contribution is 5.94. The largest absolute Gasteiger partial charge is 0.325 e. The molecule has 1 aliphatic carbocycles. The Morgan fingerprint density at radius 2 is 1.86 bits per heavy atom. The van der Waals surface area contributed by atoms with Gasteiger partial charge in [-0.15, -0.1) is 0 Å². The van der Waals surface area contributed by atoms with Crippen molar-refractivity contribution in [2.75, 3.05) is 5.32 Å². The second-order valence-corrected chi connectivity index (χ2v) is 6.25. The number of hydrogen-bond donors (Lipinski definition) is 2. The highest BCUT2D eigenvalue weighted by Crippen LogP contribution is 2.27. The summed E-state index contributed by atoms with van der Waals surface area (Å²) in [6.07, 6.45) is 7.66. The Hall–Kier alpha value is -1.35. The monoisotopic (exact) mass is 288 g/mol. The molecule has 1 saturated carbocycles. The van der Waals surface area contributed by atoms with Crippen LogP contribution < -0.4 is 10.6 Å². The molecule has 1 aromatic rings. The van der Waals surface area contributed by atoms with E-state index < -0.39 is 0 Å². The van der Waals surface area contributed by atoms with Gasteiger partial charge in [0.25, 0.3) is 0 Å². The fourth-order valence-corrected chi connectivity index (χ4v) is 3.23. The first-order valence-electron chi connectivity index (χ1n) is 8.31. The lowest BCUT2D eigenvalue weighted by atomic mass is 9.83. The maximum atomic E-state index is 12.2. The topological polar surface area (TPSA) is 41.1 Å². The summed E-state index contributed by atoms with van der Waals surface area (Å²) >= 11 is 0. The van der Waals surface area contributed by atoms with Gasteiger partial charge in [0.15, 0.2) is 0 Å². The van der Waals surface area contributed by atoms with Gasteiger partial charge >= 0.3 is 0 Å². The van der Waals surface area contributed by atoms with E-state index in [-0.39, 0.29) is 11.9 Å². The molecule has 2 rings (SSSR count). The molecule has 0 aliphatic heterocycles. The first kappa shape index (κ1) is 16.0. The third kappa shape index (κ3) is 5.16. The van der Waals surface area contributed by atoms with E-state index in [4.69, 9.17) is 0 Å². The van der Waals surface area contributed by atoms with Crippen molar-refractivity contribution in [2.45, 2.75) is 64.5 Å². The van der Waals surface area contributed by atoms with Gasteiger partial charge in [-0.3, -0.25) is 4.79 Å². The van der Waals surface area contributed by atoms with Crippen LogP contribution in [0.15, 0.2) is 30.3 Å². The Morgan fingerprint density at radius 3 is 2.48 bits per heavy atom. The van der Waals surface area contributed by atoms with Crippen LogP contribution >= 0.6 is 0 Å². The van der Waals surface area contributed by atoms with E-state index in [1.54, 1.807) is 0 Å². The van der Waals surface area contributed by atoms with Crippen LogP contribution in [0.4, 0.5) is 5.69 Å². The molecular formula is C18H28N2O. The van der Waals surface area contributed by atoms with Gasteiger partial charge in [-0.25, -0.2) is 0 Å². The second-order valence-electron chi connectivity index (χ2n) is 6.25. The first-order chi connectivity index (χ1) is 10.2. The van der Waals surface area contributed by atoms with Crippen molar-refractivity contribution in [3.8, 4) is 0 Å². The van der Waals surface area contributed by atoms with Crippen molar-refractivity contribution in [3.63, 3.8) is 0 Å². The molecule has 21 heavy (non-hydrogen) atoms. The zero-order chi connectivity index (χ0) is 15.1. The van der Waals surface area contributed by atoms with Gasteiger partial charge in [-0.05, 0) is 50.7 Å². The van der Waals surface area contributed by atoms with Crippen molar-refractivity contribution in [2.24, 2.45) is 5.92 Å². The van der Waals surface area contributed by atoms with Crippen LogP contribution in [0.3, 0.4) is 0 Å². The first-order valence-corrected chi connectivity index (χ1v) is 8.31. The molecule has 116 valence electrons. The summed E-state index contributed by atoms with van der Waals surface area (Å²) in [5.41, 5.74) is 0.864. The Labute approximate surface area is 128 Å². The molecule has 0 radical (unpaired) electrons. The number of amides is 1. The SMILES string of the molecule is CCCC1CCC(NC(C)C(=O)Nc2ccccc2)CC1. The van der Waals surface area contributed by atoms with Crippen molar-refractivity contribution >= 4 is 11.6 Å². The van der Waals surface area contributed by atoms with Gasteiger partial charge < -0.3 is 10.6 Å². The predicted octanol–water partition coefficient (Wildman–Crippen LogP) is 3.96. The van der Waals surface area contributed by atoms with Crippen LogP contribution in [-0.4, -0.2) is 18.0 Å². The summed E-state index contributed by atoms with van der Waals surface area (Å²) in [5.74, 6) is 0.957. The van der Waals surface area contributed by atoms with Crippen molar-refractivity contribution in [1.82, 2.24) is 5.32 Å². The number of anilines is 1. The van der Waals surface area contributed by atoms with Gasteiger partial charge in [-0.2, -0.15) is 0 Å². The van der Waals surface area contributed by atoms with Crippen LogP contribution in [0.1, 0.15) is 52.4 Å². The molecule has 3 heteroatoms. The molecule has 0 saturated heterocycles. The average molecular weight is 288 g/mol. The molecule has 1 amide bonds. The average Bonchev–Trinajstić information content (AvgIpc) is 2.50. The number of benzene rings is 1. The van der Waals surface area contributed by atoms with Gasteiger partial charge in [0, 0.05) is 11.7 Å². The summed E-state index contributed by atoms with van der Waals surface area (Å²) in [6, 6.07) is 10.0. The molecule has 3 nitrogen and oxygen atoms in total. The molecule has 2 N–H and O–H groups in total. The normalized spacial score (nSPS) is 23.5. The van der Waals surface area contributed by atoms with Gasteiger partial charge in [0.1, 0.15) is 0 Å². The van der Waals surface area contributed by atoms with Crippen LogP contribution in [0, 0.1) is 5.92 Å². The minimum Gasteiger partial charge on any atom is -0.325 e. The maximum Gasteiger partial charge on any atom is 0.241 e.